The van der Waals surface area contributed by atoms with Crippen molar-refractivity contribution in [2.45, 2.75) is 12.1 Å². The van der Waals surface area contributed by atoms with Crippen LogP contribution in [-0.4, -0.2) is 36.4 Å². The molecule has 0 saturated carbocycles. The molecule has 2 aromatic heterocycles. The van der Waals surface area contributed by atoms with Gasteiger partial charge in [0.15, 0.2) is 5.11 Å². The van der Waals surface area contributed by atoms with E-state index in [-0.39, 0.29) is 12.1 Å². The van der Waals surface area contributed by atoms with Crippen LogP contribution in [0.5, 0.6) is 0 Å². The van der Waals surface area contributed by atoms with Gasteiger partial charge in [0.05, 0.1) is 30.0 Å². The number of halogens is 2. The minimum absolute atomic E-state index is 0.202. The van der Waals surface area contributed by atoms with Crippen LogP contribution in [0, 0.1) is 0 Å². The number of rotatable bonds is 5. The first kappa shape index (κ1) is 24.2. The quantitative estimate of drug-likeness (QED) is 0.279. The van der Waals surface area contributed by atoms with Gasteiger partial charge in [-0.05, 0) is 78.9 Å². The van der Waals surface area contributed by atoms with Gasteiger partial charge in [-0.3, -0.25) is 4.98 Å². The normalized spacial score (nSPS) is 19.8. The number of benzene rings is 2. The monoisotopic (exact) mass is 550 g/mol. The zero-order valence-electron chi connectivity index (χ0n) is 19.8. The molecule has 0 radical (unpaired) electrons. The average Bonchev–Trinajstić information content (AvgIpc) is 3.54. The second-order valence-electron chi connectivity index (χ2n) is 8.94. The molecule has 4 aromatic rings. The Morgan fingerprint density at radius 1 is 0.919 bits per heavy atom. The molecule has 2 saturated heterocycles. The van der Waals surface area contributed by atoms with Crippen molar-refractivity contribution in [2.24, 2.45) is 0 Å². The predicted molar refractivity (Wildman–Crippen MR) is 152 cm³/mol. The van der Waals surface area contributed by atoms with Crippen LogP contribution in [0.1, 0.15) is 23.5 Å². The van der Waals surface area contributed by atoms with Crippen molar-refractivity contribution in [1.29, 1.82) is 0 Å². The molecule has 0 amide bonds. The summed E-state index contributed by atoms with van der Waals surface area (Å²) in [6, 6.07) is 23.2. The van der Waals surface area contributed by atoms with Crippen molar-refractivity contribution in [1.82, 2.24) is 10.3 Å². The van der Waals surface area contributed by atoms with Crippen LogP contribution in [0.25, 0.3) is 11.3 Å². The van der Waals surface area contributed by atoms with E-state index in [1.807, 2.05) is 36.4 Å². The number of hydrogen-bond donors (Lipinski definition) is 1. The number of hydrogen-bond acceptors (Lipinski definition) is 5. The topological polar surface area (TPSA) is 53.8 Å². The highest BCUT2D eigenvalue weighted by atomic mass is 35.5. The molecule has 6 nitrogen and oxygen atoms in total. The summed E-state index contributed by atoms with van der Waals surface area (Å²) in [6.45, 7) is 3.26. The minimum atomic E-state index is -0.253. The van der Waals surface area contributed by atoms with Crippen LogP contribution in [0.2, 0.25) is 10.0 Å². The van der Waals surface area contributed by atoms with E-state index in [1.54, 1.807) is 18.3 Å². The summed E-state index contributed by atoms with van der Waals surface area (Å²) in [5, 5.41) is 5.20. The smallest absolute Gasteiger partial charge is 0.174 e. The maximum Gasteiger partial charge on any atom is 0.174 e. The molecule has 2 aliphatic rings. The van der Waals surface area contributed by atoms with E-state index in [1.165, 1.54) is 5.69 Å². The maximum absolute atomic E-state index is 6.47. The Labute approximate surface area is 230 Å². The highest BCUT2D eigenvalue weighted by Crippen LogP contribution is 2.44. The summed E-state index contributed by atoms with van der Waals surface area (Å²) < 4.78 is 11.9. The summed E-state index contributed by atoms with van der Waals surface area (Å²) in [7, 11) is 0. The molecule has 2 atom stereocenters. The lowest BCUT2D eigenvalue weighted by atomic mass is 10.0. The number of ether oxygens (including phenoxy) is 1. The summed E-state index contributed by atoms with van der Waals surface area (Å²) in [5.41, 5.74) is 3.80. The van der Waals surface area contributed by atoms with E-state index >= 15 is 0 Å². The fraction of sp³-hybridized carbons (Fsp3) is 0.214. The van der Waals surface area contributed by atoms with Gasteiger partial charge in [0, 0.05) is 41.2 Å². The summed E-state index contributed by atoms with van der Waals surface area (Å²) in [6.07, 6.45) is 1.79. The SMILES string of the molecule is S=C1N[C@H](c2ccccn2)[C@@H](c2ccc(-c3ccc(Cl)cc3Cl)o2)N1c1ccc(N2CCOCC2)cc1. The Balaban J connectivity index is 1.38. The highest BCUT2D eigenvalue weighted by molar-refractivity contribution is 7.80. The van der Waals surface area contributed by atoms with Gasteiger partial charge in [-0.2, -0.15) is 0 Å². The largest absolute Gasteiger partial charge is 0.459 e. The van der Waals surface area contributed by atoms with Gasteiger partial charge in [-0.15, -0.1) is 0 Å². The summed E-state index contributed by atoms with van der Waals surface area (Å²) >= 11 is 18.4. The standard InChI is InChI=1S/C28H24Cl2N4O2S/c29-18-4-9-21(22(30)17-18)24-10-11-25(36-24)27-26(23-3-1-2-12-31-23)32-28(37)34(27)20-7-5-19(6-8-20)33-13-15-35-16-14-33/h1-12,17,26-27H,13-16H2,(H,32,37)/t26-,27-/m1/s1. The number of aromatic nitrogens is 1. The fourth-order valence-electron chi connectivity index (χ4n) is 4.91. The lowest BCUT2D eigenvalue weighted by molar-refractivity contribution is 0.122. The third-order valence-corrected chi connectivity index (χ3v) is 7.58. The van der Waals surface area contributed by atoms with Gasteiger partial charge < -0.3 is 24.3 Å². The van der Waals surface area contributed by atoms with Crippen LogP contribution in [-0.2, 0) is 4.74 Å². The third-order valence-electron chi connectivity index (χ3n) is 6.72. The zero-order valence-corrected chi connectivity index (χ0v) is 22.1. The number of anilines is 2. The molecule has 0 spiro atoms. The second kappa shape index (κ2) is 10.3. The van der Waals surface area contributed by atoms with Gasteiger partial charge in [0.1, 0.15) is 17.6 Å². The van der Waals surface area contributed by atoms with Crippen molar-refractivity contribution in [3.63, 3.8) is 0 Å². The lowest BCUT2D eigenvalue weighted by Crippen LogP contribution is -2.36. The minimum Gasteiger partial charge on any atom is -0.459 e. The molecule has 4 heterocycles. The third kappa shape index (κ3) is 4.80. The maximum atomic E-state index is 6.47. The molecule has 2 aromatic carbocycles. The van der Waals surface area contributed by atoms with Gasteiger partial charge in [0.2, 0.25) is 0 Å². The first-order valence-corrected chi connectivity index (χ1v) is 13.2. The van der Waals surface area contributed by atoms with E-state index in [0.717, 1.165) is 49.0 Å². The van der Waals surface area contributed by atoms with E-state index < -0.39 is 0 Å². The Bertz CT molecular complexity index is 1410. The van der Waals surface area contributed by atoms with Crippen LogP contribution in [0.4, 0.5) is 11.4 Å². The van der Waals surface area contributed by atoms with Gasteiger partial charge >= 0.3 is 0 Å². The first-order chi connectivity index (χ1) is 18.1. The molecule has 37 heavy (non-hydrogen) atoms. The Morgan fingerprint density at radius 3 is 2.43 bits per heavy atom. The number of nitrogens with one attached hydrogen (secondary N) is 1. The van der Waals surface area contributed by atoms with E-state index in [0.29, 0.717) is 20.9 Å². The van der Waals surface area contributed by atoms with Crippen LogP contribution < -0.4 is 15.1 Å². The van der Waals surface area contributed by atoms with Gasteiger partial charge in [-0.25, -0.2) is 0 Å². The molecule has 2 aliphatic heterocycles. The number of thiocarbonyl (C=S) groups is 1. The summed E-state index contributed by atoms with van der Waals surface area (Å²) in [5.74, 6) is 1.41. The molecule has 9 heteroatoms. The fourth-order valence-corrected chi connectivity index (χ4v) is 5.76. The average molecular weight is 551 g/mol. The van der Waals surface area contributed by atoms with Gasteiger partial charge in [0.25, 0.3) is 0 Å². The number of furan rings is 1. The number of morpholine rings is 1. The zero-order chi connectivity index (χ0) is 25.4. The Hall–Kier alpha value is -3.10. The number of pyridine rings is 1. The number of nitrogens with zero attached hydrogens (tertiary/aromatic N) is 3. The van der Waals surface area contributed by atoms with E-state index in [9.17, 15) is 0 Å². The van der Waals surface area contributed by atoms with Crippen molar-refractivity contribution in [3.05, 3.63) is 100 Å². The molecular weight excluding hydrogens is 527 g/mol. The lowest BCUT2D eigenvalue weighted by Gasteiger charge is -2.30. The molecule has 1 N–H and O–H groups in total. The van der Waals surface area contributed by atoms with E-state index in [4.69, 9.17) is 44.6 Å². The molecule has 188 valence electrons. The summed E-state index contributed by atoms with van der Waals surface area (Å²) in [4.78, 5) is 9.05. The van der Waals surface area contributed by atoms with Gasteiger partial charge in [-0.1, -0.05) is 29.3 Å². The Morgan fingerprint density at radius 2 is 1.70 bits per heavy atom. The molecule has 2 fully saturated rings. The van der Waals surface area contributed by atoms with Crippen molar-refractivity contribution >= 4 is 51.9 Å². The van der Waals surface area contributed by atoms with Crippen LogP contribution in [0.15, 0.2) is 83.4 Å². The molecule has 0 bridgehead atoms. The highest BCUT2D eigenvalue weighted by Gasteiger charge is 2.42. The van der Waals surface area contributed by atoms with Crippen LogP contribution in [0.3, 0.4) is 0 Å². The predicted octanol–water partition coefficient (Wildman–Crippen LogP) is 6.66. The Kier molecular flexibility index (Phi) is 6.78. The molecule has 0 aliphatic carbocycles. The molecule has 0 unspecified atom stereocenters. The van der Waals surface area contributed by atoms with Crippen molar-refractivity contribution in [3.8, 4) is 11.3 Å². The second-order valence-corrected chi connectivity index (χ2v) is 10.2. The van der Waals surface area contributed by atoms with E-state index in [2.05, 4.69) is 44.4 Å². The van der Waals surface area contributed by atoms with Crippen molar-refractivity contribution < 1.29 is 9.15 Å². The van der Waals surface area contributed by atoms with Crippen molar-refractivity contribution in [2.75, 3.05) is 36.1 Å². The van der Waals surface area contributed by atoms with Crippen LogP contribution >= 0.6 is 35.4 Å². The first-order valence-electron chi connectivity index (χ1n) is 12.1. The molecular formula is C28H24Cl2N4O2S. The molecule has 6 rings (SSSR count).